The van der Waals surface area contributed by atoms with Gasteiger partial charge in [-0.25, -0.2) is 0 Å². The average Bonchev–Trinajstić information content (AvgIpc) is 3.31. The van der Waals surface area contributed by atoms with Gasteiger partial charge >= 0.3 is 12.1 Å². The van der Waals surface area contributed by atoms with Gasteiger partial charge in [0.15, 0.2) is 0 Å². The van der Waals surface area contributed by atoms with Crippen LogP contribution < -0.4 is 20.7 Å². The zero-order chi connectivity index (χ0) is 30.2. The van der Waals surface area contributed by atoms with Gasteiger partial charge in [0, 0.05) is 35.8 Å². The van der Waals surface area contributed by atoms with Crippen LogP contribution in [0.2, 0.25) is 5.02 Å². The van der Waals surface area contributed by atoms with E-state index in [1.54, 1.807) is 30.3 Å². The van der Waals surface area contributed by atoms with Crippen molar-refractivity contribution in [3.8, 4) is 17.0 Å². The van der Waals surface area contributed by atoms with Crippen molar-refractivity contribution in [1.29, 1.82) is 0 Å². The predicted octanol–water partition coefficient (Wildman–Crippen LogP) is 6.12. The predicted molar refractivity (Wildman–Crippen MR) is 154 cm³/mol. The first kappa shape index (κ1) is 29.9. The Morgan fingerprint density at radius 3 is 2.45 bits per heavy atom. The van der Waals surface area contributed by atoms with Gasteiger partial charge in [-0.2, -0.15) is 23.1 Å². The number of ether oxygens (including phenoxy) is 1. The van der Waals surface area contributed by atoms with Gasteiger partial charge in [-0.1, -0.05) is 61.8 Å². The molecule has 1 aromatic heterocycles. The number of aliphatic carboxylic acids is 1. The lowest BCUT2D eigenvalue weighted by molar-refractivity contribution is -0.198. The van der Waals surface area contributed by atoms with E-state index in [4.69, 9.17) is 22.1 Å². The number of alkyl halides is 3. The summed E-state index contributed by atoms with van der Waals surface area (Å²) in [5, 5.41) is 13.2. The molecule has 0 saturated carbocycles. The summed E-state index contributed by atoms with van der Waals surface area (Å²) >= 11 is 6.17. The van der Waals surface area contributed by atoms with Crippen LogP contribution in [0.25, 0.3) is 11.1 Å². The largest absolute Gasteiger partial charge is 0.480 e. The Morgan fingerprint density at radius 2 is 1.83 bits per heavy atom. The van der Waals surface area contributed by atoms with E-state index in [0.29, 0.717) is 54.3 Å². The van der Waals surface area contributed by atoms with Crippen LogP contribution in [0.3, 0.4) is 0 Å². The molecule has 2 unspecified atom stereocenters. The Morgan fingerprint density at radius 1 is 1.14 bits per heavy atom. The molecule has 0 aliphatic carbocycles. The third-order valence-electron chi connectivity index (χ3n) is 8.32. The second-order valence-electron chi connectivity index (χ2n) is 11.4. The second kappa shape index (κ2) is 11.6. The van der Waals surface area contributed by atoms with Crippen LogP contribution >= 0.6 is 11.6 Å². The van der Waals surface area contributed by atoms with Crippen LogP contribution in [0.15, 0.2) is 54.6 Å². The summed E-state index contributed by atoms with van der Waals surface area (Å²) in [6.45, 7) is 5.22. The molecule has 3 heterocycles. The number of nitrogens with zero attached hydrogens (tertiary/aromatic N) is 3. The molecule has 2 saturated heterocycles. The van der Waals surface area contributed by atoms with Gasteiger partial charge in [-0.3, -0.25) is 4.79 Å². The van der Waals surface area contributed by atoms with Crippen molar-refractivity contribution in [3.05, 3.63) is 65.2 Å². The van der Waals surface area contributed by atoms with E-state index in [1.165, 1.54) is 24.3 Å². The number of carboxylic acid groups (broad SMARTS) is 1. The van der Waals surface area contributed by atoms with E-state index in [9.17, 15) is 23.1 Å². The van der Waals surface area contributed by atoms with Crippen molar-refractivity contribution in [2.75, 3.05) is 23.7 Å². The summed E-state index contributed by atoms with van der Waals surface area (Å²) in [6, 6.07) is 13.6. The monoisotopic (exact) mass is 603 g/mol. The highest BCUT2D eigenvalue weighted by molar-refractivity contribution is 6.30. The number of piperidine rings is 1. The van der Waals surface area contributed by atoms with Crippen LogP contribution in [0.4, 0.5) is 24.9 Å². The van der Waals surface area contributed by atoms with Crippen molar-refractivity contribution >= 4 is 29.3 Å². The third kappa shape index (κ3) is 6.12. The fraction of sp³-hybridized carbons (Fsp3) is 0.433. The zero-order valence-corrected chi connectivity index (χ0v) is 24.0. The number of hydrogen-bond acceptors (Lipinski definition) is 7. The van der Waals surface area contributed by atoms with E-state index in [2.05, 4.69) is 29.1 Å². The number of halogens is 4. The molecule has 3 atom stereocenters. The Balaban J connectivity index is 1.41. The molecule has 0 radical (unpaired) electrons. The molecule has 12 heteroatoms. The maximum Gasteiger partial charge on any atom is 0.429 e. The number of anilines is 2. The molecule has 224 valence electrons. The topological polar surface area (TPSA) is 114 Å². The maximum absolute atomic E-state index is 14.5. The minimum Gasteiger partial charge on any atom is -0.480 e. The van der Waals surface area contributed by atoms with Crippen molar-refractivity contribution in [2.24, 2.45) is 11.3 Å². The highest BCUT2D eigenvalue weighted by atomic mass is 35.5. The highest BCUT2D eigenvalue weighted by Crippen LogP contribution is 2.47. The molecule has 0 amide bonds. The standard InChI is InChI=1S/C30H33ClF3N5O3/c1-17(2)25-29(16-22(36-25)27(40)41)10-12-39(13-11-29)23-15-24(38-28(35)37-23)42-26(30(32,33)34)20-9-8-19(31)14-21(20)18-6-4-3-5-7-18/h3-9,14-15,17,22,25-26,36H,10-13,16H2,1-2H3,(H,40,41)(H2,35,37,38)/t22?,25?,26-/m1/s1. The van der Waals surface area contributed by atoms with Gasteiger partial charge in [0.05, 0.1) is 0 Å². The quantitative estimate of drug-likeness (QED) is 0.296. The Labute approximate surface area is 247 Å². The molecule has 4 N–H and O–H groups in total. The van der Waals surface area contributed by atoms with Crippen molar-refractivity contribution < 1.29 is 27.8 Å². The van der Waals surface area contributed by atoms with E-state index < -0.39 is 24.3 Å². The van der Waals surface area contributed by atoms with E-state index in [0.717, 1.165) is 0 Å². The first-order valence-electron chi connectivity index (χ1n) is 13.8. The molecule has 42 heavy (non-hydrogen) atoms. The Kier molecular flexibility index (Phi) is 8.26. The van der Waals surface area contributed by atoms with Gasteiger partial charge in [-0.05, 0) is 53.9 Å². The number of nitrogen functional groups attached to an aromatic ring is 1. The number of benzene rings is 2. The van der Waals surface area contributed by atoms with Gasteiger partial charge in [0.25, 0.3) is 0 Å². The molecule has 5 rings (SSSR count). The molecule has 8 nitrogen and oxygen atoms in total. The molecule has 0 bridgehead atoms. The number of hydrogen-bond donors (Lipinski definition) is 3. The number of nitrogens with two attached hydrogens (primary N) is 1. The first-order valence-corrected chi connectivity index (χ1v) is 14.2. The molecular formula is C30H33ClF3N5O3. The van der Waals surface area contributed by atoms with Gasteiger partial charge < -0.3 is 25.8 Å². The number of nitrogens with one attached hydrogen (secondary N) is 1. The normalized spacial score (nSPS) is 21.1. The fourth-order valence-corrected chi connectivity index (χ4v) is 6.62. The SMILES string of the molecule is CC(C)C1NC(C(=O)O)CC12CCN(c1cc(O[C@H](c3ccc(Cl)cc3-c3ccccc3)C(F)(F)F)nc(N)n1)CC2. The fourth-order valence-electron chi connectivity index (χ4n) is 6.45. The average molecular weight is 604 g/mol. The summed E-state index contributed by atoms with van der Waals surface area (Å²) in [5.74, 6) is -0.780. The van der Waals surface area contributed by atoms with Crippen molar-refractivity contribution in [2.45, 2.75) is 57.5 Å². The Hall–Kier alpha value is -3.57. The van der Waals surface area contributed by atoms with Crippen LogP contribution in [0.1, 0.15) is 44.8 Å². The minimum absolute atomic E-state index is 0.0424. The highest BCUT2D eigenvalue weighted by Gasteiger charge is 2.51. The lowest BCUT2D eigenvalue weighted by atomic mass is 9.69. The molecule has 2 fully saturated rings. The molecule has 2 aliphatic heterocycles. The lowest BCUT2D eigenvalue weighted by Gasteiger charge is -2.44. The summed E-state index contributed by atoms with van der Waals surface area (Å²) in [5.41, 5.74) is 6.49. The summed E-state index contributed by atoms with van der Waals surface area (Å²) in [7, 11) is 0. The number of aromatic nitrogens is 2. The first-order chi connectivity index (χ1) is 19.9. The zero-order valence-electron chi connectivity index (χ0n) is 23.2. The number of carboxylic acids is 1. The van der Waals surface area contributed by atoms with Crippen molar-refractivity contribution in [3.63, 3.8) is 0 Å². The van der Waals surface area contributed by atoms with Gasteiger partial charge in [-0.15, -0.1) is 0 Å². The molecule has 2 aliphatic rings. The lowest BCUT2D eigenvalue weighted by Crippen LogP contribution is -2.49. The van der Waals surface area contributed by atoms with E-state index >= 15 is 0 Å². The molecular weight excluding hydrogens is 571 g/mol. The summed E-state index contributed by atoms with van der Waals surface area (Å²) < 4.78 is 49.1. The number of carbonyl (C=O) groups is 1. The number of rotatable bonds is 7. The Bertz CT molecular complexity index is 1430. The molecule has 3 aromatic rings. The van der Waals surface area contributed by atoms with Crippen molar-refractivity contribution in [1.82, 2.24) is 15.3 Å². The molecule has 1 spiro atoms. The van der Waals surface area contributed by atoms with E-state index in [-0.39, 0.29) is 34.8 Å². The minimum atomic E-state index is -4.78. The second-order valence-corrected chi connectivity index (χ2v) is 11.8. The smallest absolute Gasteiger partial charge is 0.429 e. The van der Waals surface area contributed by atoms with Crippen LogP contribution in [0, 0.1) is 11.3 Å². The third-order valence-corrected chi connectivity index (χ3v) is 8.56. The molecule has 2 aromatic carbocycles. The maximum atomic E-state index is 14.5. The van der Waals surface area contributed by atoms with Gasteiger partial charge in [0.2, 0.25) is 17.9 Å². The van der Waals surface area contributed by atoms with Crippen LogP contribution in [-0.4, -0.2) is 52.4 Å². The summed E-state index contributed by atoms with van der Waals surface area (Å²) in [6.07, 6.45) is -5.21. The van der Waals surface area contributed by atoms with Crippen LogP contribution in [-0.2, 0) is 4.79 Å². The van der Waals surface area contributed by atoms with E-state index in [1.807, 2.05) is 4.90 Å². The van der Waals surface area contributed by atoms with Crippen LogP contribution in [0.5, 0.6) is 5.88 Å². The van der Waals surface area contributed by atoms with Gasteiger partial charge in [0.1, 0.15) is 11.9 Å². The summed E-state index contributed by atoms with van der Waals surface area (Å²) in [4.78, 5) is 21.9.